The molecular weight excluding hydrogens is 318 g/mol. The van der Waals surface area contributed by atoms with E-state index in [1.165, 1.54) is 7.11 Å². The molecule has 4 rings (SSSR count). The van der Waals surface area contributed by atoms with Crippen LogP contribution in [0.1, 0.15) is 34.3 Å². The Morgan fingerprint density at radius 1 is 1.28 bits per heavy atom. The van der Waals surface area contributed by atoms with Crippen LogP contribution in [0.4, 0.5) is 5.69 Å². The molecule has 2 aliphatic rings. The molecule has 0 fully saturated rings. The standard InChI is InChI=1S/C20H19NO4/c1-25-15-8-2-6-14(11-15)17(22)12-20(24)16-9-3-5-13-7-4-10-21(18(13)16)19(20)23/h2-3,5-6,8-9,11,24H,4,7,10,12H2,1H3. The van der Waals surface area contributed by atoms with Gasteiger partial charge in [-0.05, 0) is 30.5 Å². The number of amides is 1. The van der Waals surface area contributed by atoms with E-state index < -0.39 is 11.5 Å². The number of para-hydroxylation sites is 1. The van der Waals surface area contributed by atoms with Gasteiger partial charge in [0.2, 0.25) is 0 Å². The first-order valence-electron chi connectivity index (χ1n) is 8.38. The van der Waals surface area contributed by atoms with Crippen molar-refractivity contribution in [1.82, 2.24) is 0 Å². The van der Waals surface area contributed by atoms with Gasteiger partial charge in [-0.25, -0.2) is 0 Å². The van der Waals surface area contributed by atoms with E-state index in [1.54, 1.807) is 35.2 Å². The number of carbonyl (C=O) groups is 2. The minimum absolute atomic E-state index is 0.272. The Bertz CT molecular complexity index is 876. The maximum Gasteiger partial charge on any atom is 0.264 e. The van der Waals surface area contributed by atoms with Gasteiger partial charge in [0.15, 0.2) is 11.4 Å². The number of methoxy groups -OCH3 is 1. The van der Waals surface area contributed by atoms with Gasteiger partial charge in [0.1, 0.15) is 5.75 Å². The van der Waals surface area contributed by atoms with Crippen molar-refractivity contribution in [3.63, 3.8) is 0 Å². The summed E-state index contributed by atoms with van der Waals surface area (Å²) in [6, 6.07) is 12.3. The fraction of sp³-hybridized carbons (Fsp3) is 0.300. The van der Waals surface area contributed by atoms with Crippen LogP contribution in [0, 0.1) is 0 Å². The molecule has 0 bridgehead atoms. The quantitative estimate of drug-likeness (QED) is 0.870. The molecule has 1 amide bonds. The van der Waals surface area contributed by atoms with Crippen molar-refractivity contribution in [3.8, 4) is 5.75 Å². The summed E-state index contributed by atoms with van der Waals surface area (Å²) in [5.74, 6) is -0.115. The summed E-state index contributed by atoms with van der Waals surface area (Å²) in [4.78, 5) is 27.3. The third kappa shape index (κ3) is 2.35. The van der Waals surface area contributed by atoms with E-state index in [2.05, 4.69) is 0 Å². The van der Waals surface area contributed by atoms with Crippen molar-refractivity contribution >= 4 is 17.4 Å². The zero-order valence-corrected chi connectivity index (χ0v) is 14.0. The van der Waals surface area contributed by atoms with E-state index in [0.29, 0.717) is 23.4 Å². The Morgan fingerprint density at radius 3 is 2.88 bits per heavy atom. The van der Waals surface area contributed by atoms with Crippen LogP contribution >= 0.6 is 0 Å². The van der Waals surface area contributed by atoms with Gasteiger partial charge in [0.25, 0.3) is 5.91 Å². The second-order valence-corrected chi connectivity index (χ2v) is 6.57. The van der Waals surface area contributed by atoms with Crippen molar-refractivity contribution in [1.29, 1.82) is 0 Å². The molecular formula is C20H19NO4. The van der Waals surface area contributed by atoms with Gasteiger partial charge in [0, 0.05) is 17.7 Å². The van der Waals surface area contributed by atoms with Crippen molar-refractivity contribution in [2.24, 2.45) is 0 Å². The lowest BCUT2D eigenvalue weighted by atomic mass is 9.87. The zero-order valence-electron chi connectivity index (χ0n) is 14.0. The summed E-state index contributed by atoms with van der Waals surface area (Å²) in [5.41, 5.74) is 1.02. The first kappa shape index (κ1) is 15.8. The average molecular weight is 337 g/mol. The van der Waals surface area contributed by atoms with Gasteiger partial charge in [-0.1, -0.05) is 30.3 Å². The molecule has 0 aromatic heterocycles. The number of hydrogen-bond acceptors (Lipinski definition) is 4. The lowest BCUT2D eigenvalue weighted by Crippen LogP contribution is -2.42. The van der Waals surface area contributed by atoms with Gasteiger partial charge < -0.3 is 14.7 Å². The number of nitrogens with zero attached hydrogens (tertiary/aromatic N) is 1. The predicted octanol–water partition coefficient (Wildman–Crippen LogP) is 2.45. The van der Waals surface area contributed by atoms with Crippen LogP contribution in [0.25, 0.3) is 0 Å². The van der Waals surface area contributed by atoms with E-state index in [1.807, 2.05) is 12.1 Å². The summed E-state index contributed by atoms with van der Waals surface area (Å²) in [5, 5.41) is 11.2. The number of anilines is 1. The van der Waals surface area contributed by atoms with E-state index in [0.717, 1.165) is 24.1 Å². The highest BCUT2D eigenvalue weighted by molar-refractivity contribution is 6.11. The Hall–Kier alpha value is -2.66. The molecule has 2 aromatic rings. The van der Waals surface area contributed by atoms with Crippen LogP contribution in [0.15, 0.2) is 42.5 Å². The molecule has 0 saturated carbocycles. The second kappa shape index (κ2) is 5.70. The van der Waals surface area contributed by atoms with Crippen LogP contribution in [0.2, 0.25) is 0 Å². The van der Waals surface area contributed by atoms with Gasteiger partial charge in [-0.2, -0.15) is 0 Å². The molecule has 5 heteroatoms. The maximum absolute atomic E-state index is 12.9. The van der Waals surface area contributed by atoms with Crippen molar-refractivity contribution in [2.45, 2.75) is 24.9 Å². The first-order chi connectivity index (χ1) is 12.0. The predicted molar refractivity (Wildman–Crippen MR) is 93.0 cm³/mol. The van der Waals surface area contributed by atoms with E-state index in [9.17, 15) is 14.7 Å². The summed E-state index contributed by atoms with van der Waals surface area (Å²) in [6.07, 6.45) is 1.47. The molecule has 2 heterocycles. The number of aryl methyl sites for hydroxylation is 1. The molecule has 0 aliphatic carbocycles. The van der Waals surface area contributed by atoms with Gasteiger partial charge in [-0.3, -0.25) is 9.59 Å². The van der Waals surface area contributed by atoms with Crippen LogP contribution < -0.4 is 9.64 Å². The minimum atomic E-state index is -1.80. The summed E-state index contributed by atoms with van der Waals surface area (Å²) < 4.78 is 5.15. The van der Waals surface area contributed by atoms with Crippen LogP contribution in [0.5, 0.6) is 5.75 Å². The topological polar surface area (TPSA) is 66.8 Å². The molecule has 1 N–H and O–H groups in total. The fourth-order valence-corrected chi connectivity index (χ4v) is 3.83. The van der Waals surface area contributed by atoms with Crippen LogP contribution in [0.3, 0.4) is 0 Å². The number of ether oxygens (including phenoxy) is 1. The Kier molecular flexibility index (Phi) is 3.62. The molecule has 5 nitrogen and oxygen atoms in total. The number of carbonyl (C=O) groups excluding carboxylic acids is 2. The number of aliphatic hydroxyl groups is 1. The zero-order chi connectivity index (χ0) is 17.6. The van der Waals surface area contributed by atoms with E-state index in [-0.39, 0.29) is 12.2 Å². The summed E-state index contributed by atoms with van der Waals surface area (Å²) in [6.45, 7) is 0.582. The fourth-order valence-electron chi connectivity index (χ4n) is 3.83. The molecule has 0 radical (unpaired) electrons. The average Bonchev–Trinajstić information content (AvgIpc) is 2.86. The normalized spacial score (nSPS) is 21.2. The van der Waals surface area contributed by atoms with Crippen molar-refractivity contribution in [3.05, 3.63) is 59.2 Å². The van der Waals surface area contributed by atoms with Crippen LogP contribution in [-0.4, -0.2) is 30.5 Å². The largest absolute Gasteiger partial charge is 0.497 e. The Balaban J connectivity index is 1.72. The second-order valence-electron chi connectivity index (χ2n) is 6.57. The van der Waals surface area contributed by atoms with Gasteiger partial charge >= 0.3 is 0 Å². The molecule has 25 heavy (non-hydrogen) atoms. The number of rotatable bonds is 4. The number of ketones is 1. The maximum atomic E-state index is 12.9. The van der Waals surface area contributed by atoms with E-state index in [4.69, 9.17) is 4.74 Å². The highest BCUT2D eigenvalue weighted by atomic mass is 16.5. The third-order valence-corrected chi connectivity index (χ3v) is 5.07. The summed E-state index contributed by atoms with van der Waals surface area (Å²) in [7, 11) is 1.53. The third-order valence-electron chi connectivity index (χ3n) is 5.07. The smallest absolute Gasteiger partial charge is 0.264 e. The number of hydrogen-bond donors (Lipinski definition) is 1. The monoisotopic (exact) mass is 337 g/mol. The van der Waals surface area contributed by atoms with E-state index >= 15 is 0 Å². The molecule has 2 aromatic carbocycles. The van der Waals surface area contributed by atoms with Crippen LogP contribution in [-0.2, 0) is 16.8 Å². The summed E-state index contributed by atoms with van der Waals surface area (Å²) >= 11 is 0. The molecule has 2 aliphatic heterocycles. The highest BCUT2D eigenvalue weighted by Crippen LogP contribution is 2.46. The molecule has 1 unspecified atom stereocenters. The van der Waals surface area contributed by atoms with Gasteiger partial charge in [0.05, 0.1) is 19.2 Å². The molecule has 128 valence electrons. The molecule has 1 atom stereocenters. The van der Waals surface area contributed by atoms with Crippen molar-refractivity contribution in [2.75, 3.05) is 18.6 Å². The minimum Gasteiger partial charge on any atom is -0.497 e. The number of Topliss-reactive ketones (excluding diaryl/α,β-unsaturated/α-hetero) is 1. The lowest BCUT2D eigenvalue weighted by molar-refractivity contribution is -0.135. The molecule has 0 saturated heterocycles. The Morgan fingerprint density at radius 2 is 2.08 bits per heavy atom. The SMILES string of the molecule is COc1cccc(C(=O)CC2(O)C(=O)N3CCCc4cccc2c43)c1. The first-order valence-corrected chi connectivity index (χ1v) is 8.38. The van der Waals surface area contributed by atoms with Gasteiger partial charge in [-0.15, -0.1) is 0 Å². The Labute approximate surface area is 145 Å². The lowest BCUT2D eigenvalue weighted by Gasteiger charge is -2.25. The highest BCUT2D eigenvalue weighted by Gasteiger charge is 2.52. The van der Waals surface area contributed by atoms with Crippen molar-refractivity contribution < 1.29 is 19.4 Å². The molecule has 0 spiro atoms. The number of benzene rings is 2.